The van der Waals surface area contributed by atoms with Crippen LogP contribution in [-0.4, -0.2) is 4.57 Å². The van der Waals surface area contributed by atoms with Crippen LogP contribution >= 0.6 is 0 Å². The first-order chi connectivity index (χ1) is 31.3. The molecule has 0 N–H and O–H groups in total. The van der Waals surface area contributed by atoms with Crippen LogP contribution in [0, 0.1) is 0 Å². The second-order valence-corrected chi connectivity index (χ2v) is 16.0. The Morgan fingerprint density at radius 1 is 0.317 bits per heavy atom. The van der Waals surface area contributed by atoms with Gasteiger partial charge in [0.2, 0.25) is 0 Å². The summed E-state index contributed by atoms with van der Waals surface area (Å²) in [5.41, 5.74) is 17.7. The Morgan fingerprint density at radius 3 is 1.56 bits per heavy atom. The lowest BCUT2D eigenvalue weighted by atomic mass is 9.87. The lowest BCUT2D eigenvalue weighted by molar-refractivity contribution is 0.669. The third-order valence-corrected chi connectivity index (χ3v) is 12.4. The van der Waals surface area contributed by atoms with E-state index in [9.17, 15) is 0 Å². The van der Waals surface area contributed by atoms with Gasteiger partial charge in [-0.15, -0.1) is 0 Å². The van der Waals surface area contributed by atoms with Crippen molar-refractivity contribution in [2.75, 3.05) is 4.90 Å². The molecular formula is C60H40N2O. The topological polar surface area (TPSA) is 21.3 Å². The Kier molecular flexibility index (Phi) is 8.83. The fourth-order valence-electron chi connectivity index (χ4n) is 9.60. The van der Waals surface area contributed by atoms with Gasteiger partial charge in [0.1, 0.15) is 11.2 Å². The van der Waals surface area contributed by atoms with Crippen LogP contribution in [-0.2, 0) is 0 Å². The summed E-state index contributed by atoms with van der Waals surface area (Å²) in [4.78, 5) is 2.42. The van der Waals surface area contributed by atoms with Gasteiger partial charge in [0.05, 0.1) is 27.8 Å². The number of hydrogen-bond acceptors (Lipinski definition) is 2. The van der Waals surface area contributed by atoms with Crippen LogP contribution in [0.2, 0.25) is 0 Å². The fraction of sp³-hybridized carbons (Fsp3) is 0. The van der Waals surface area contributed by atoms with Crippen molar-refractivity contribution in [3.05, 3.63) is 243 Å². The first-order valence-corrected chi connectivity index (χ1v) is 21.5. The van der Waals surface area contributed by atoms with Gasteiger partial charge in [-0.25, -0.2) is 0 Å². The quantitative estimate of drug-likeness (QED) is 0.153. The maximum atomic E-state index is 6.52. The molecule has 3 nitrogen and oxygen atoms in total. The zero-order valence-corrected chi connectivity index (χ0v) is 34.4. The molecule has 0 saturated carbocycles. The molecule has 0 saturated heterocycles. The number of aromatic nitrogens is 1. The van der Waals surface area contributed by atoms with Gasteiger partial charge in [-0.3, -0.25) is 0 Å². The highest BCUT2D eigenvalue weighted by atomic mass is 16.3. The zero-order chi connectivity index (χ0) is 41.7. The van der Waals surface area contributed by atoms with Gasteiger partial charge < -0.3 is 13.9 Å². The summed E-state index contributed by atoms with van der Waals surface area (Å²) in [6.07, 6.45) is 0. The summed E-state index contributed by atoms with van der Waals surface area (Å²) in [5, 5.41) is 4.65. The molecule has 0 aliphatic heterocycles. The maximum absolute atomic E-state index is 6.52. The van der Waals surface area contributed by atoms with E-state index in [-0.39, 0.29) is 0 Å². The highest BCUT2D eigenvalue weighted by Crippen LogP contribution is 2.48. The number of para-hydroxylation sites is 4. The summed E-state index contributed by atoms with van der Waals surface area (Å²) in [6.45, 7) is 0. The Balaban J connectivity index is 1.07. The van der Waals surface area contributed by atoms with Crippen LogP contribution in [0.1, 0.15) is 0 Å². The largest absolute Gasteiger partial charge is 0.456 e. The van der Waals surface area contributed by atoms with Crippen molar-refractivity contribution < 1.29 is 4.42 Å². The van der Waals surface area contributed by atoms with Crippen LogP contribution < -0.4 is 4.90 Å². The molecule has 10 aromatic carbocycles. The highest BCUT2D eigenvalue weighted by Gasteiger charge is 2.24. The minimum absolute atomic E-state index is 0.851. The molecule has 12 aromatic rings. The Hall–Kier alpha value is -8.40. The fourth-order valence-corrected chi connectivity index (χ4v) is 9.60. The molecule has 0 radical (unpaired) electrons. The molecule has 12 rings (SSSR count). The van der Waals surface area contributed by atoms with Crippen LogP contribution in [0.5, 0.6) is 0 Å². The van der Waals surface area contributed by atoms with Gasteiger partial charge in [-0.05, 0) is 106 Å². The minimum atomic E-state index is 0.851. The molecule has 296 valence electrons. The van der Waals surface area contributed by atoms with E-state index in [2.05, 4.69) is 246 Å². The number of furan rings is 1. The van der Waals surface area contributed by atoms with Crippen molar-refractivity contribution >= 4 is 60.8 Å². The smallest absolute Gasteiger partial charge is 0.137 e. The van der Waals surface area contributed by atoms with E-state index >= 15 is 0 Å². The van der Waals surface area contributed by atoms with Crippen LogP contribution in [0.3, 0.4) is 0 Å². The molecule has 0 amide bonds. The number of hydrogen-bond donors (Lipinski definition) is 0. The van der Waals surface area contributed by atoms with Gasteiger partial charge in [-0.2, -0.15) is 0 Å². The van der Waals surface area contributed by atoms with E-state index in [1.54, 1.807) is 0 Å². The van der Waals surface area contributed by atoms with Crippen molar-refractivity contribution in [3.63, 3.8) is 0 Å². The van der Waals surface area contributed by atoms with Gasteiger partial charge in [-0.1, -0.05) is 176 Å². The van der Waals surface area contributed by atoms with E-state index in [1.165, 1.54) is 49.6 Å². The molecule has 3 heteroatoms. The molecule has 0 fully saturated rings. The monoisotopic (exact) mass is 804 g/mol. The second kappa shape index (κ2) is 15.3. The predicted octanol–water partition coefficient (Wildman–Crippen LogP) is 16.8. The van der Waals surface area contributed by atoms with E-state index < -0.39 is 0 Å². The maximum Gasteiger partial charge on any atom is 0.137 e. The molecule has 63 heavy (non-hydrogen) atoms. The molecule has 2 aromatic heterocycles. The normalized spacial score (nSPS) is 11.5. The van der Waals surface area contributed by atoms with Crippen molar-refractivity contribution in [2.45, 2.75) is 0 Å². The number of nitrogens with zero attached hydrogens (tertiary/aromatic N) is 2. The van der Waals surface area contributed by atoms with E-state index in [0.29, 0.717) is 0 Å². The van der Waals surface area contributed by atoms with E-state index in [4.69, 9.17) is 4.42 Å². The third-order valence-electron chi connectivity index (χ3n) is 12.4. The first kappa shape index (κ1) is 36.5. The lowest BCUT2D eigenvalue weighted by Crippen LogP contribution is -2.12. The second-order valence-electron chi connectivity index (χ2n) is 16.0. The molecule has 0 atom stereocenters. The minimum Gasteiger partial charge on any atom is -0.456 e. The van der Waals surface area contributed by atoms with Gasteiger partial charge in [0.15, 0.2) is 0 Å². The third kappa shape index (κ3) is 6.21. The summed E-state index contributed by atoms with van der Waals surface area (Å²) >= 11 is 0. The summed E-state index contributed by atoms with van der Waals surface area (Å²) in [5.74, 6) is 0. The molecule has 0 aliphatic carbocycles. The SMILES string of the molecule is c1ccc(-c2ccc(-c3ccccc3-c3ccccc3N(c3ccc(-n4c5ccccc5c5ccccc54)cc3)c3cccc4oc5ccccc5c34)c(-c3ccccc3)c2)cc1. The molecule has 0 aliphatic rings. The summed E-state index contributed by atoms with van der Waals surface area (Å²) < 4.78 is 8.90. The molecule has 0 unspecified atom stereocenters. The number of fused-ring (bicyclic) bond motifs is 6. The van der Waals surface area contributed by atoms with Crippen LogP contribution in [0.15, 0.2) is 247 Å². The predicted molar refractivity (Wildman–Crippen MR) is 264 cm³/mol. The molecule has 2 heterocycles. The van der Waals surface area contributed by atoms with Gasteiger partial charge in [0, 0.05) is 33.1 Å². The zero-order valence-electron chi connectivity index (χ0n) is 34.4. The average Bonchev–Trinajstić information content (AvgIpc) is 3.91. The Morgan fingerprint density at radius 2 is 0.841 bits per heavy atom. The lowest BCUT2D eigenvalue weighted by Gasteiger charge is -2.29. The molecule has 0 spiro atoms. The van der Waals surface area contributed by atoms with Crippen molar-refractivity contribution in [1.82, 2.24) is 4.57 Å². The van der Waals surface area contributed by atoms with E-state index in [0.717, 1.165) is 61.4 Å². The Bertz CT molecular complexity index is 3570. The average molecular weight is 805 g/mol. The van der Waals surface area contributed by atoms with Gasteiger partial charge in [0.25, 0.3) is 0 Å². The van der Waals surface area contributed by atoms with E-state index in [1.807, 2.05) is 6.07 Å². The van der Waals surface area contributed by atoms with Crippen molar-refractivity contribution in [1.29, 1.82) is 0 Å². The number of anilines is 3. The van der Waals surface area contributed by atoms with Gasteiger partial charge >= 0.3 is 0 Å². The number of rotatable bonds is 8. The van der Waals surface area contributed by atoms with Crippen LogP contribution in [0.4, 0.5) is 17.1 Å². The van der Waals surface area contributed by atoms with Crippen LogP contribution in [0.25, 0.3) is 93.9 Å². The summed E-state index contributed by atoms with van der Waals surface area (Å²) in [7, 11) is 0. The van der Waals surface area contributed by atoms with Crippen molar-refractivity contribution in [2.24, 2.45) is 0 Å². The van der Waals surface area contributed by atoms with Crippen molar-refractivity contribution in [3.8, 4) is 50.2 Å². The molecular weight excluding hydrogens is 765 g/mol. The standard InChI is InChI=1S/C60H40N2O/c1-3-18-41(19-4-1)43-34-39-48(53(40-43)42-20-5-2-6-21-42)46-22-7-8-23-47(46)49-24-9-13-28-54(49)62(57-31-17-33-59-60(57)52-27-12-16-32-58(52)63-59)45-37-35-44(36-38-45)61-55-29-14-10-25-50(55)51-26-11-15-30-56(51)61/h1-40H. The summed E-state index contributed by atoms with van der Waals surface area (Å²) in [6, 6.07) is 87.2. The number of benzene rings is 10. The first-order valence-electron chi connectivity index (χ1n) is 21.5. The molecule has 0 bridgehead atoms. The highest BCUT2D eigenvalue weighted by molar-refractivity contribution is 6.14. The Labute approximate surface area is 366 Å².